The summed E-state index contributed by atoms with van der Waals surface area (Å²) in [5, 5.41) is 21.0. The molecule has 15 nitrogen and oxygen atoms in total. The number of carbonyl (C=O) groups is 4. The predicted octanol–water partition coefficient (Wildman–Crippen LogP) is 5.10. The number of ether oxygens (including phenoxy) is 4. The van der Waals surface area contributed by atoms with Gasteiger partial charge in [-0.25, -0.2) is 9.59 Å². The van der Waals surface area contributed by atoms with E-state index in [4.69, 9.17) is 18.9 Å². The van der Waals surface area contributed by atoms with Crippen LogP contribution >= 0.6 is 0 Å². The predicted molar refractivity (Wildman–Crippen MR) is 250 cm³/mol. The Kier molecular flexibility index (Phi) is 11.2. The second-order valence-electron chi connectivity index (χ2n) is 21.1. The molecule has 2 saturated heterocycles. The number of urea groups is 1. The molecule has 10 atom stereocenters. The van der Waals surface area contributed by atoms with Crippen LogP contribution in [0, 0.1) is 11.3 Å². The van der Waals surface area contributed by atoms with Gasteiger partial charge in [0.1, 0.15) is 11.2 Å². The molecule has 1 unspecified atom stereocenters. The van der Waals surface area contributed by atoms with Gasteiger partial charge in [-0.1, -0.05) is 44.2 Å². The van der Waals surface area contributed by atoms with Crippen molar-refractivity contribution in [1.82, 2.24) is 25.4 Å². The summed E-state index contributed by atoms with van der Waals surface area (Å²) in [6, 6.07) is 10.7. The number of aromatic nitrogens is 1. The number of benzene rings is 2. The van der Waals surface area contributed by atoms with E-state index in [2.05, 4.69) is 56.6 Å². The summed E-state index contributed by atoms with van der Waals surface area (Å²) in [5.41, 5.74) is -1.91. The van der Waals surface area contributed by atoms with Crippen LogP contribution in [0.15, 0.2) is 48.6 Å². The molecule has 356 valence electrons. The quantitative estimate of drug-likeness (QED) is 0.134. The smallest absolute Gasteiger partial charge is 0.344 e. The zero-order valence-electron chi connectivity index (χ0n) is 40.3. The molecule has 6 aliphatic rings. The number of esters is 3. The third-order valence-corrected chi connectivity index (χ3v) is 16.5. The number of fused-ring (bicyclic) bond motifs is 6. The third-order valence-electron chi connectivity index (χ3n) is 16.5. The minimum atomic E-state index is -2.32. The maximum Gasteiger partial charge on any atom is 0.344 e. The number of methoxy groups -OCH3 is 3. The fourth-order valence-corrected chi connectivity index (χ4v) is 14.3. The van der Waals surface area contributed by atoms with E-state index in [1.54, 1.807) is 7.11 Å². The second-order valence-corrected chi connectivity index (χ2v) is 21.1. The van der Waals surface area contributed by atoms with Gasteiger partial charge in [0.2, 0.25) is 5.60 Å². The topological polar surface area (TPSA) is 175 Å². The van der Waals surface area contributed by atoms with Crippen LogP contribution in [0.25, 0.3) is 10.9 Å². The van der Waals surface area contributed by atoms with E-state index in [0.29, 0.717) is 82.6 Å². The van der Waals surface area contributed by atoms with Crippen LogP contribution in [0.3, 0.4) is 0 Å². The molecule has 15 heteroatoms. The van der Waals surface area contributed by atoms with Gasteiger partial charge in [-0.2, -0.15) is 0 Å². The molecular formula is C51H68N6O9. The first-order valence-corrected chi connectivity index (χ1v) is 23.7. The maximum atomic E-state index is 15.6. The average molecular weight is 909 g/mol. The van der Waals surface area contributed by atoms with E-state index >= 15 is 4.79 Å². The molecule has 2 bridgehead atoms. The van der Waals surface area contributed by atoms with E-state index in [1.165, 1.54) is 21.1 Å². The molecule has 4 N–H and O–H groups in total. The highest BCUT2D eigenvalue weighted by Crippen LogP contribution is 2.68. The van der Waals surface area contributed by atoms with Gasteiger partial charge in [0.25, 0.3) is 0 Å². The van der Waals surface area contributed by atoms with Crippen molar-refractivity contribution in [1.29, 1.82) is 0 Å². The summed E-state index contributed by atoms with van der Waals surface area (Å²) in [6.45, 7) is 14.7. The standard InChI is InChI=1S/C51H68N6O9/c1-11-47(54-45(61)53-46(4,5)6)26-31-27-50(43(59)64-9,39-33(18-22-56(28-31)29-47)32-16-13-14-17-36(32)52-39)35-24-34-37(25-38(35)63-8)55(7)41-49(34)20-23-57-21-15-19-48(12-2,40(49)57)42(66-30(3)58)51(41,62)44(60)65-10/h13-17,19,24-25,31,40-42,52,62H,11-12,18,20-23,26-29H2,1-10H3,(H2,53,54,61)/t31-,40+,41-,42-,47+,48-,49-,50+,51+/m1/s1. The Morgan fingerprint density at radius 3 is 2.36 bits per heavy atom. The minimum Gasteiger partial charge on any atom is -0.496 e. The fourth-order valence-electron chi connectivity index (χ4n) is 14.3. The maximum absolute atomic E-state index is 15.6. The van der Waals surface area contributed by atoms with Gasteiger partial charge in [0.05, 0.1) is 32.9 Å². The summed E-state index contributed by atoms with van der Waals surface area (Å²) >= 11 is 0. The number of nitrogens with one attached hydrogen (secondary N) is 3. The summed E-state index contributed by atoms with van der Waals surface area (Å²) in [4.78, 5) is 67.6. The molecule has 0 radical (unpaired) electrons. The van der Waals surface area contributed by atoms with Crippen LogP contribution in [0.4, 0.5) is 10.5 Å². The summed E-state index contributed by atoms with van der Waals surface area (Å²) in [6.07, 6.45) is 6.06. The number of hydrogen-bond acceptors (Lipinski definition) is 12. The lowest BCUT2D eigenvalue weighted by molar-refractivity contribution is -0.228. The first-order chi connectivity index (χ1) is 31.3. The monoisotopic (exact) mass is 909 g/mol. The lowest BCUT2D eigenvalue weighted by Crippen LogP contribution is -2.81. The van der Waals surface area contributed by atoms with E-state index in [0.717, 1.165) is 33.4 Å². The Hall–Kier alpha value is -5.12. The SMILES string of the molecule is CC[C@]1(NC(=O)NC(C)(C)C)C[C@H]2CN(CCc3c([nH]c4ccccc34)[C@@](C(=O)OC)(c3cc4c(cc3OC)N(C)[C@H]3[C@@](O)(C(=O)OC)[C@H](OC(C)=O)[C@]5(CC)C=CCN6CC[C@]43[C@@H]65)C2)C1. The number of anilines is 1. The summed E-state index contributed by atoms with van der Waals surface area (Å²) in [5.74, 6) is -1.61. The molecule has 3 fully saturated rings. The van der Waals surface area contributed by atoms with E-state index in [-0.39, 0.29) is 18.0 Å². The van der Waals surface area contributed by atoms with E-state index in [1.807, 2.05) is 63.9 Å². The van der Waals surface area contributed by atoms with Crippen LogP contribution in [0.1, 0.15) is 96.0 Å². The Morgan fingerprint density at radius 2 is 1.70 bits per heavy atom. The Balaban J connectivity index is 1.31. The number of carbonyl (C=O) groups excluding carboxylic acids is 4. The van der Waals surface area contributed by atoms with Gasteiger partial charge in [0.15, 0.2) is 6.10 Å². The van der Waals surface area contributed by atoms with Crippen molar-refractivity contribution in [3.8, 4) is 5.75 Å². The van der Waals surface area contributed by atoms with Gasteiger partial charge in [0, 0.05) is 96.5 Å². The molecular weight excluding hydrogens is 841 g/mol. The van der Waals surface area contributed by atoms with Crippen molar-refractivity contribution < 1.29 is 43.2 Å². The van der Waals surface area contributed by atoms with Crippen LogP contribution < -0.4 is 20.3 Å². The van der Waals surface area contributed by atoms with E-state index < -0.39 is 63.0 Å². The molecule has 6 heterocycles. The molecule has 1 aromatic heterocycles. The summed E-state index contributed by atoms with van der Waals surface area (Å²) < 4.78 is 24.2. The Labute approximate surface area is 387 Å². The molecule has 2 amide bonds. The van der Waals surface area contributed by atoms with Crippen LogP contribution in [-0.4, -0.2) is 140 Å². The number of nitrogens with zero attached hydrogens (tertiary/aromatic N) is 3. The van der Waals surface area contributed by atoms with E-state index in [9.17, 15) is 19.5 Å². The molecule has 1 aliphatic carbocycles. The number of hydrogen-bond donors (Lipinski definition) is 4. The average Bonchev–Trinajstić information content (AvgIpc) is 3.94. The largest absolute Gasteiger partial charge is 0.496 e. The number of amides is 2. The first kappa shape index (κ1) is 46.0. The van der Waals surface area contributed by atoms with Crippen molar-refractivity contribution in [2.45, 2.75) is 126 Å². The van der Waals surface area contributed by atoms with Gasteiger partial charge in [-0.15, -0.1) is 0 Å². The molecule has 1 saturated carbocycles. The molecule has 9 rings (SSSR count). The molecule has 5 aliphatic heterocycles. The van der Waals surface area contributed by atoms with Gasteiger partial charge >= 0.3 is 23.9 Å². The summed E-state index contributed by atoms with van der Waals surface area (Å²) in [7, 11) is 6.17. The van der Waals surface area contributed by atoms with Crippen LogP contribution in [0.5, 0.6) is 5.75 Å². The minimum absolute atomic E-state index is 0.113. The number of rotatable bonds is 8. The van der Waals surface area contributed by atoms with Gasteiger partial charge in [-0.05, 0) is 95.0 Å². The molecule has 1 spiro atoms. The van der Waals surface area contributed by atoms with Crippen molar-refractivity contribution in [3.05, 3.63) is 70.9 Å². The number of H-pyrrole nitrogens is 1. The van der Waals surface area contributed by atoms with Crippen molar-refractivity contribution >= 4 is 40.5 Å². The number of likely N-dealkylation sites (N-methyl/N-ethyl adjacent to an activating group) is 1. The Morgan fingerprint density at radius 1 is 0.955 bits per heavy atom. The number of aromatic amines is 1. The normalized spacial score (nSPS) is 34.4. The number of aliphatic hydroxyl groups is 1. The van der Waals surface area contributed by atoms with Gasteiger partial charge < -0.3 is 49.5 Å². The highest BCUT2D eigenvalue weighted by Gasteiger charge is 2.80. The molecule has 66 heavy (non-hydrogen) atoms. The highest BCUT2D eigenvalue weighted by molar-refractivity contribution is 5.95. The molecule has 3 aromatic rings. The zero-order valence-corrected chi connectivity index (χ0v) is 40.3. The second kappa shape index (κ2) is 16.0. The zero-order chi connectivity index (χ0) is 47.4. The van der Waals surface area contributed by atoms with Crippen LogP contribution in [0.2, 0.25) is 0 Å². The van der Waals surface area contributed by atoms with Crippen LogP contribution in [-0.2, 0) is 45.8 Å². The van der Waals surface area contributed by atoms with Crippen molar-refractivity contribution in [3.63, 3.8) is 0 Å². The first-order valence-electron chi connectivity index (χ1n) is 23.7. The fraction of sp³-hybridized carbons (Fsp3) is 0.608. The van der Waals surface area contributed by atoms with Crippen molar-refractivity contribution in [2.75, 3.05) is 66.0 Å². The lowest BCUT2D eigenvalue weighted by Gasteiger charge is -2.63. The lowest BCUT2D eigenvalue weighted by atomic mass is 9.47. The number of para-hydroxylation sites is 1. The highest BCUT2D eigenvalue weighted by atomic mass is 16.6. The number of piperidine rings is 1. The third kappa shape index (κ3) is 6.45. The van der Waals surface area contributed by atoms with Crippen molar-refractivity contribution in [2.24, 2.45) is 11.3 Å². The van der Waals surface area contributed by atoms with Gasteiger partial charge in [-0.3, -0.25) is 14.5 Å². The Bertz CT molecular complexity index is 2500. The molecule has 2 aromatic carbocycles.